The van der Waals surface area contributed by atoms with Crippen LogP contribution >= 0.6 is 39.1 Å². The molecule has 0 heterocycles. The van der Waals surface area contributed by atoms with Crippen molar-refractivity contribution < 1.29 is 5.11 Å². The minimum absolute atomic E-state index is 0.0435. The molecule has 30 heavy (non-hydrogen) atoms. The van der Waals surface area contributed by atoms with Gasteiger partial charge in [-0.25, -0.2) is 0 Å². The van der Waals surface area contributed by atoms with E-state index >= 15 is 0 Å². The number of hydrogen-bond donors (Lipinski definition) is 0. The number of aliphatic imine (C=N–C) groups is 1. The van der Waals surface area contributed by atoms with Crippen LogP contribution in [0.15, 0.2) is 50.3 Å². The first-order chi connectivity index (χ1) is 14.5. The van der Waals surface area contributed by atoms with Gasteiger partial charge in [-0.2, -0.15) is 0 Å². The molecule has 0 N–H and O–H groups in total. The van der Waals surface area contributed by atoms with E-state index in [1.165, 1.54) is 62.6 Å². The molecular weight excluding hydrogens is 521 g/mol. The molecule has 5 heteroatoms. The SMILES string of the molecule is CCCC[P+](CCCC)(CCCC)c1ccccc1C=Nc1cc(Br)c([O-])c(Br)c1. The van der Waals surface area contributed by atoms with Gasteiger partial charge < -0.3 is 5.11 Å². The predicted molar refractivity (Wildman–Crippen MR) is 141 cm³/mol. The van der Waals surface area contributed by atoms with Crippen molar-refractivity contribution in [2.45, 2.75) is 59.3 Å². The fraction of sp³-hybridized carbons (Fsp3) is 0.480. The van der Waals surface area contributed by atoms with E-state index in [-0.39, 0.29) is 5.75 Å². The highest BCUT2D eigenvalue weighted by molar-refractivity contribution is 9.11. The third kappa shape index (κ3) is 6.90. The van der Waals surface area contributed by atoms with Crippen LogP contribution in [0, 0.1) is 0 Å². The second-order valence-electron chi connectivity index (χ2n) is 7.93. The van der Waals surface area contributed by atoms with Crippen molar-refractivity contribution in [3.8, 4) is 5.75 Å². The van der Waals surface area contributed by atoms with E-state index in [1.54, 1.807) is 17.4 Å². The Kier molecular flexibility index (Phi) is 11.1. The van der Waals surface area contributed by atoms with Gasteiger partial charge in [0, 0.05) is 28.0 Å². The van der Waals surface area contributed by atoms with Crippen LogP contribution in [0.25, 0.3) is 0 Å². The lowest BCUT2D eigenvalue weighted by molar-refractivity contribution is -0.270. The van der Waals surface area contributed by atoms with Gasteiger partial charge in [0.15, 0.2) is 0 Å². The molecule has 0 aliphatic heterocycles. The molecule has 2 aromatic carbocycles. The van der Waals surface area contributed by atoms with E-state index in [1.807, 2.05) is 6.21 Å². The molecule has 0 unspecified atom stereocenters. The van der Waals surface area contributed by atoms with Gasteiger partial charge in [0.2, 0.25) is 0 Å². The first-order valence-electron chi connectivity index (χ1n) is 11.1. The molecular formula is C25H34Br2NOP. The first kappa shape index (κ1) is 25.6. The van der Waals surface area contributed by atoms with E-state index in [4.69, 9.17) is 4.99 Å². The Morgan fingerprint density at radius 3 is 1.87 bits per heavy atom. The molecule has 0 aliphatic rings. The number of halogens is 2. The van der Waals surface area contributed by atoms with E-state index < -0.39 is 7.26 Å². The topological polar surface area (TPSA) is 35.4 Å². The molecule has 2 rings (SSSR count). The minimum atomic E-state index is -1.24. The summed E-state index contributed by atoms with van der Waals surface area (Å²) in [6.07, 6.45) is 13.7. The second kappa shape index (κ2) is 13.0. The Hall–Kier alpha value is -0.700. The molecule has 0 spiro atoms. The molecule has 0 saturated carbocycles. The molecule has 0 aromatic heterocycles. The maximum absolute atomic E-state index is 11.9. The summed E-state index contributed by atoms with van der Waals surface area (Å²) in [5, 5.41) is 13.5. The van der Waals surface area contributed by atoms with Crippen LogP contribution in [0.3, 0.4) is 0 Å². The van der Waals surface area contributed by atoms with Crippen molar-refractivity contribution >= 4 is 56.3 Å². The molecule has 0 radical (unpaired) electrons. The van der Waals surface area contributed by atoms with Gasteiger partial charge in [0.05, 0.1) is 24.2 Å². The quantitative estimate of drug-likeness (QED) is 0.193. The lowest BCUT2D eigenvalue weighted by Crippen LogP contribution is -2.24. The van der Waals surface area contributed by atoms with Gasteiger partial charge in [0.1, 0.15) is 5.30 Å². The highest BCUT2D eigenvalue weighted by atomic mass is 79.9. The van der Waals surface area contributed by atoms with Gasteiger partial charge in [-0.1, -0.05) is 89.8 Å². The van der Waals surface area contributed by atoms with Gasteiger partial charge in [-0.3, -0.25) is 4.99 Å². The zero-order valence-electron chi connectivity index (χ0n) is 18.5. The predicted octanol–water partition coefficient (Wildman–Crippen LogP) is 8.08. The zero-order chi connectivity index (χ0) is 22.0. The minimum Gasteiger partial charge on any atom is -0.871 e. The van der Waals surface area contributed by atoms with Crippen LogP contribution in [0.4, 0.5) is 5.69 Å². The Morgan fingerprint density at radius 1 is 0.867 bits per heavy atom. The highest BCUT2D eigenvalue weighted by Crippen LogP contribution is 2.60. The van der Waals surface area contributed by atoms with E-state index in [2.05, 4.69) is 76.9 Å². The van der Waals surface area contributed by atoms with Crippen LogP contribution in [-0.2, 0) is 0 Å². The number of hydrogen-bond acceptors (Lipinski definition) is 2. The summed E-state index contributed by atoms with van der Waals surface area (Å²) in [6.45, 7) is 6.91. The van der Waals surface area contributed by atoms with Crippen LogP contribution in [0.1, 0.15) is 64.9 Å². The third-order valence-electron chi connectivity index (χ3n) is 5.60. The standard InChI is InChI=1S/C25H34Br2NOP/c1-4-7-14-30(15-8-5-2,16-9-6-3)24-13-11-10-12-20(24)19-28-21-17-22(26)25(29)23(27)18-21/h10-13,17-19H,4-9,14-16H2,1-3H3. The zero-order valence-corrected chi connectivity index (χ0v) is 22.5. The molecule has 2 nitrogen and oxygen atoms in total. The molecule has 0 bridgehead atoms. The molecule has 164 valence electrons. The Balaban J connectivity index is 2.47. The van der Waals surface area contributed by atoms with Gasteiger partial charge in [-0.15, -0.1) is 0 Å². The third-order valence-corrected chi connectivity index (χ3v) is 11.7. The van der Waals surface area contributed by atoms with E-state index in [0.717, 1.165) is 5.69 Å². The first-order valence-corrected chi connectivity index (χ1v) is 15.1. The van der Waals surface area contributed by atoms with Gasteiger partial charge >= 0.3 is 0 Å². The largest absolute Gasteiger partial charge is 0.871 e. The smallest absolute Gasteiger partial charge is 0.103 e. The number of rotatable bonds is 12. The summed E-state index contributed by atoms with van der Waals surface area (Å²) in [4.78, 5) is 4.75. The molecule has 0 fully saturated rings. The second-order valence-corrected chi connectivity index (χ2v) is 13.8. The van der Waals surface area contributed by atoms with E-state index in [9.17, 15) is 5.11 Å². The lowest BCUT2D eigenvalue weighted by atomic mass is 10.2. The Labute approximate surface area is 200 Å². The fourth-order valence-electron chi connectivity index (χ4n) is 3.87. The molecule has 0 atom stereocenters. The summed E-state index contributed by atoms with van der Waals surface area (Å²) in [5.41, 5.74) is 2.02. The average molecular weight is 555 g/mol. The normalized spacial score (nSPS) is 12.0. The molecule has 0 saturated heterocycles. The van der Waals surface area contributed by atoms with Crippen molar-refractivity contribution in [2.24, 2.45) is 4.99 Å². The van der Waals surface area contributed by atoms with Crippen molar-refractivity contribution in [2.75, 3.05) is 18.5 Å². The van der Waals surface area contributed by atoms with Crippen molar-refractivity contribution in [1.29, 1.82) is 0 Å². The Bertz CT molecular complexity index is 793. The van der Waals surface area contributed by atoms with Crippen LogP contribution in [-0.4, -0.2) is 24.7 Å². The monoisotopic (exact) mass is 553 g/mol. The van der Waals surface area contributed by atoms with Crippen molar-refractivity contribution in [1.82, 2.24) is 0 Å². The number of benzene rings is 2. The number of unbranched alkanes of at least 4 members (excludes halogenated alkanes) is 3. The highest BCUT2D eigenvalue weighted by Gasteiger charge is 2.39. The number of nitrogens with zero attached hydrogens (tertiary/aromatic N) is 1. The average Bonchev–Trinajstić information content (AvgIpc) is 2.76. The molecule has 0 aliphatic carbocycles. The summed E-state index contributed by atoms with van der Waals surface area (Å²) >= 11 is 6.69. The summed E-state index contributed by atoms with van der Waals surface area (Å²) < 4.78 is 1.07. The fourth-order valence-corrected chi connectivity index (χ4v) is 10.3. The van der Waals surface area contributed by atoms with Crippen LogP contribution in [0.5, 0.6) is 5.75 Å². The summed E-state index contributed by atoms with van der Waals surface area (Å²) in [7, 11) is -1.24. The Morgan fingerprint density at radius 2 is 1.37 bits per heavy atom. The van der Waals surface area contributed by atoms with Crippen molar-refractivity contribution in [3.63, 3.8) is 0 Å². The maximum atomic E-state index is 11.9. The van der Waals surface area contributed by atoms with Crippen LogP contribution < -0.4 is 10.4 Å². The molecule has 2 aromatic rings. The van der Waals surface area contributed by atoms with Gasteiger partial charge in [-0.05, 0) is 43.5 Å². The lowest BCUT2D eigenvalue weighted by Gasteiger charge is -2.29. The maximum Gasteiger partial charge on any atom is 0.103 e. The molecule has 0 amide bonds. The van der Waals surface area contributed by atoms with E-state index in [0.29, 0.717) is 8.95 Å². The van der Waals surface area contributed by atoms with Gasteiger partial charge in [0.25, 0.3) is 0 Å². The summed E-state index contributed by atoms with van der Waals surface area (Å²) in [6, 6.07) is 12.5. The summed E-state index contributed by atoms with van der Waals surface area (Å²) in [5.74, 6) is -0.0435. The van der Waals surface area contributed by atoms with Crippen LogP contribution in [0.2, 0.25) is 0 Å². The van der Waals surface area contributed by atoms with Crippen molar-refractivity contribution in [3.05, 3.63) is 50.9 Å².